The van der Waals surface area contributed by atoms with Gasteiger partial charge >= 0.3 is 5.97 Å². The minimum absolute atomic E-state index is 0.00236. The van der Waals surface area contributed by atoms with Crippen molar-refractivity contribution in [3.8, 4) is 0 Å². The summed E-state index contributed by atoms with van der Waals surface area (Å²) in [4.78, 5) is 24.6. The largest absolute Gasteiger partial charge is 0.481 e. The summed E-state index contributed by atoms with van der Waals surface area (Å²) in [5.74, 6) is -1.17. The highest BCUT2D eigenvalue weighted by Crippen LogP contribution is 2.44. The second-order valence-electron chi connectivity index (χ2n) is 5.15. The van der Waals surface area contributed by atoms with E-state index in [2.05, 4.69) is 0 Å². The van der Waals surface area contributed by atoms with E-state index in [-0.39, 0.29) is 36.9 Å². The minimum Gasteiger partial charge on any atom is -0.481 e. The average molecular weight is 275 g/mol. The average Bonchev–Trinajstić information content (AvgIpc) is 2.22. The van der Waals surface area contributed by atoms with Crippen LogP contribution >= 0.6 is 0 Å². The van der Waals surface area contributed by atoms with Gasteiger partial charge < -0.3 is 10.0 Å². The molecule has 102 valence electrons. The molecule has 0 aromatic rings. The Labute approximate surface area is 106 Å². The number of hydrogen-bond acceptors (Lipinski definition) is 4. The topological polar surface area (TPSA) is 91.8 Å². The second kappa shape index (κ2) is 4.53. The van der Waals surface area contributed by atoms with Crippen LogP contribution in [0.15, 0.2) is 0 Å². The van der Waals surface area contributed by atoms with Crippen LogP contribution in [0.4, 0.5) is 0 Å². The van der Waals surface area contributed by atoms with Gasteiger partial charge in [0, 0.05) is 19.5 Å². The summed E-state index contributed by atoms with van der Waals surface area (Å²) in [6.45, 7) is 0.383. The summed E-state index contributed by atoms with van der Waals surface area (Å²) in [6, 6.07) is 0. The van der Waals surface area contributed by atoms with Gasteiger partial charge in [-0.3, -0.25) is 9.59 Å². The highest BCUT2D eigenvalue weighted by Gasteiger charge is 2.46. The van der Waals surface area contributed by atoms with E-state index < -0.39 is 21.2 Å². The van der Waals surface area contributed by atoms with Crippen molar-refractivity contribution in [2.45, 2.75) is 25.7 Å². The summed E-state index contributed by atoms with van der Waals surface area (Å²) in [7, 11) is -3.01. The van der Waals surface area contributed by atoms with Crippen LogP contribution in [0.5, 0.6) is 0 Å². The van der Waals surface area contributed by atoms with Gasteiger partial charge in [0.15, 0.2) is 9.84 Å². The SMILES string of the molecule is O=C(CC1(C(=O)O)CCC1)N1CCS(=O)(=O)CC1. The van der Waals surface area contributed by atoms with Crippen LogP contribution in [0.2, 0.25) is 0 Å². The molecule has 0 atom stereocenters. The quantitative estimate of drug-likeness (QED) is 0.776. The number of aliphatic carboxylic acids is 1. The molecule has 0 bridgehead atoms. The molecule has 2 rings (SSSR count). The van der Waals surface area contributed by atoms with Gasteiger partial charge in [0.2, 0.25) is 5.91 Å². The van der Waals surface area contributed by atoms with Gasteiger partial charge in [-0.1, -0.05) is 6.42 Å². The normalized spacial score (nSPS) is 25.2. The lowest BCUT2D eigenvalue weighted by Crippen LogP contribution is -2.48. The van der Waals surface area contributed by atoms with Crippen molar-refractivity contribution in [1.29, 1.82) is 0 Å². The van der Waals surface area contributed by atoms with E-state index in [0.717, 1.165) is 6.42 Å². The molecule has 2 fully saturated rings. The third kappa shape index (κ3) is 2.50. The number of nitrogens with zero attached hydrogens (tertiary/aromatic N) is 1. The predicted molar refractivity (Wildman–Crippen MR) is 63.8 cm³/mol. The molecular formula is C11H17NO5S. The second-order valence-corrected chi connectivity index (χ2v) is 7.45. The van der Waals surface area contributed by atoms with E-state index in [0.29, 0.717) is 12.8 Å². The first-order valence-electron chi connectivity index (χ1n) is 6.06. The summed E-state index contributed by atoms with van der Waals surface area (Å²) < 4.78 is 22.5. The van der Waals surface area contributed by atoms with Crippen LogP contribution in [0.3, 0.4) is 0 Å². The molecule has 0 spiro atoms. The Morgan fingerprint density at radius 1 is 1.17 bits per heavy atom. The standard InChI is InChI=1S/C11H17NO5S/c13-9(8-11(10(14)15)2-1-3-11)12-4-6-18(16,17)7-5-12/h1-8H2,(H,14,15). The van der Waals surface area contributed by atoms with E-state index in [9.17, 15) is 18.0 Å². The Morgan fingerprint density at radius 2 is 1.72 bits per heavy atom. The fraction of sp³-hybridized carbons (Fsp3) is 0.818. The zero-order valence-corrected chi connectivity index (χ0v) is 10.9. The molecule has 7 heteroatoms. The van der Waals surface area contributed by atoms with Gasteiger partial charge in [0.05, 0.1) is 16.9 Å². The molecule has 0 radical (unpaired) electrons. The number of carbonyl (C=O) groups is 2. The van der Waals surface area contributed by atoms with Crippen LogP contribution in [0.25, 0.3) is 0 Å². The number of sulfone groups is 1. The molecule has 1 N–H and O–H groups in total. The lowest BCUT2D eigenvalue weighted by Gasteiger charge is -2.39. The van der Waals surface area contributed by atoms with Gasteiger partial charge in [-0.05, 0) is 12.8 Å². The van der Waals surface area contributed by atoms with Gasteiger partial charge in [-0.15, -0.1) is 0 Å². The van der Waals surface area contributed by atoms with Crippen LogP contribution in [-0.2, 0) is 19.4 Å². The Balaban J connectivity index is 1.95. The number of carboxylic acid groups (broad SMARTS) is 1. The fourth-order valence-electron chi connectivity index (χ4n) is 2.43. The molecule has 18 heavy (non-hydrogen) atoms. The van der Waals surface area contributed by atoms with E-state index in [4.69, 9.17) is 5.11 Å². The number of rotatable bonds is 3. The first-order chi connectivity index (χ1) is 8.35. The molecule has 0 aromatic carbocycles. The highest BCUT2D eigenvalue weighted by atomic mass is 32.2. The van der Waals surface area contributed by atoms with Crippen LogP contribution < -0.4 is 0 Å². The van der Waals surface area contributed by atoms with Crippen molar-refractivity contribution in [2.24, 2.45) is 5.41 Å². The zero-order chi connectivity index (χ0) is 13.4. The van der Waals surface area contributed by atoms with Crippen LogP contribution in [0.1, 0.15) is 25.7 Å². The maximum absolute atomic E-state index is 12.0. The predicted octanol–water partition coefficient (Wildman–Crippen LogP) is -0.112. The Morgan fingerprint density at radius 3 is 2.11 bits per heavy atom. The van der Waals surface area contributed by atoms with Gasteiger partial charge in [0.1, 0.15) is 0 Å². The molecule has 0 unspecified atom stereocenters. The lowest BCUT2D eigenvalue weighted by molar-refractivity contribution is -0.159. The minimum atomic E-state index is -3.01. The van der Waals surface area contributed by atoms with Crippen molar-refractivity contribution in [3.05, 3.63) is 0 Å². The van der Waals surface area contributed by atoms with Crippen molar-refractivity contribution in [3.63, 3.8) is 0 Å². The molecule has 6 nitrogen and oxygen atoms in total. The third-order valence-corrected chi connectivity index (χ3v) is 5.56. The third-order valence-electron chi connectivity index (χ3n) is 3.95. The molecule has 1 aliphatic heterocycles. The Hall–Kier alpha value is -1.11. The van der Waals surface area contributed by atoms with Crippen molar-refractivity contribution in [1.82, 2.24) is 4.90 Å². The molecule has 2 aliphatic rings. The number of hydrogen-bond donors (Lipinski definition) is 1. The summed E-state index contributed by atoms with van der Waals surface area (Å²) in [5.41, 5.74) is -0.895. The molecular weight excluding hydrogens is 258 g/mol. The molecule has 1 heterocycles. The smallest absolute Gasteiger partial charge is 0.310 e. The Kier molecular flexibility index (Phi) is 3.35. The maximum atomic E-state index is 12.0. The summed E-state index contributed by atoms with van der Waals surface area (Å²) >= 11 is 0. The van der Waals surface area contributed by atoms with E-state index in [1.54, 1.807) is 0 Å². The van der Waals surface area contributed by atoms with Crippen LogP contribution in [-0.4, -0.2) is 54.9 Å². The monoisotopic (exact) mass is 275 g/mol. The zero-order valence-electron chi connectivity index (χ0n) is 10.1. The van der Waals surface area contributed by atoms with E-state index in [1.807, 2.05) is 0 Å². The first kappa shape index (κ1) is 13.3. The van der Waals surface area contributed by atoms with E-state index in [1.165, 1.54) is 4.90 Å². The maximum Gasteiger partial charge on any atom is 0.310 e. The molecule has 0 aromatic heterocycles. The van der Waals surface area contributed by atoms with Gasteiger partial charge in [0.25, 0.3) is 0 Å². The number of carboxylic acids is 1. The van der Waals surface area contributed by atoms with Crippen molar-refractivity contribution >= 4 is 21.7 Å². The van der Waals surface area contributed by atoms with E-state index >= 15 is 0 Å². The molecule has 1 saturated heterocycles. The number of amides is 1. The van der Waals surface area contributed by atoms with Crippen LogP contribution in [0, 0.1) is 5.41 Å². The van der Waals surface area contributed by atoms with Gasteiger partial charge in [-0.2, -0.15) is 0 Å². The molecule has 1 aliphatic carbocycles. The first-order valence-corrected chi connectivity index (χ1v) is 7.88. The highest BCUT2D eigenvalue weighted by molar-refractivity contribution is 7.91. The fourth-order valence-corrected chi connectivity index (χ4v) is 3.63. The molecule has 1 amide bonds. The van der Waals surface area contributed by atoms with Crippen molar-refractivity contribution in [2.75, 3.05) is 24.6 Å². The molecule has 1 saturated carbocycles. The number of carbonyl (C=O) groups excluding carboxylic acids is 1. The van der Waals surface area contributed by atoms with Crippen molar-refractivity contribution < 1.29 is 23.1 Å². The van der Waals surface area contributed by atoms with Gasteiger partial charge in [-0.25, -0.2) is 8.42 Å². The summed E-state index contributed by atoms with van der Waals surface area (Å²) in [5, 5.41) is 9.15. The summed E-state index contributed by atoms with van der Waals surface area (Å²) in [6.07, 6.45) is 1.93. The Bertz CT molecular complexity index is 452. The lowest BCUT2D eigenvalue weighted by atomic mass is 9.66.